The van der Waals surface area contributed by atoms with Crippen molar-refractivity contribution in [1.82, 2.24) is 0 Å². The number of hydrogen-bond donors (Lipinski definition) is 0. The van der Waals surface area contributed by atoms with Crippen molar-refractivity contribution in [3.63, 3.8) is 0 Å². The SMILES string of the molecule is CCC[C@H]1CC[C@H](CCCCc2ccc(C3O[C@H](OC(=O)OC(C)C)[C@@H](OC(=O)OC(C)C)O3)cc2)CC1. The topological polar surface area (TPSA) is 89.5 Å². The molecule has 1 aromatic carbocycles. The van der Waals surface area contributed by atoms with E-state index in [0.29, 0.717) is 0 Å². The summed E-state index contributed by atoms with van der Waals surface area (Å²) in [5.41, 5.74) is 1.98. The first-order valence-electron chi connectivity index (χ1n) is 14.4. The summed E-state index contributed by atoms with van der Waals surface area (Å²) < 4.78 is 32.0. The largest absolute Gasteiger partial charge is 0.511 e. The van der Waals surface area contributed by atoms with Gasteiger partial charge in [0, 0.05) is 5.56 Å². The number of carbonyl (C=O) groups excluding carboxylic acids is 2. The van der Waals surface area contributed by atoms with Gasteiger partial charge in [0.15, 0.2) is 6.29 Å². The van der Waals surface area contributed by atoms with Gasteiger partial charge in [0.2, 0.25) is 0 Å². The molecule has 1 saturated carbocycles. The minimum atomic E-state index is -1.29. The van der Waals surface area contributed by atoms with Crippen LogP contribution in [0, 0.1) is 11.8 Å². The standard InChI is InChI=1S/C30H46O8/c1-6-9-22-12-14-23(15-13-22)10-7-8-11-24-16-18-25(19-17-24)26-35-27(37-29(31)33-20(2)3)28(36-26)38-30(32)34-21(4)5/h16-23,26-28H,6-15H2,1-5H3/t22-,23-,27-,28-/m1/s1. The van der Waals surface area contributed by atoms with Gasteiger partial charge in [0.25, 0.3) is 12.6 Å². The van der Waals surface area contributed by atoms with Gasteiger partial charge in [0.1, 0.15) is 0 Å². The molecule has 214 valence electrons. The lowest BCUT2D eigenvalue weighted by Crippen LogP contribution is -2.34. The van der Waals surface area contributed by atoms with Gasteiger partial charge in [0.05, 0.1) is 12.2 Å². The molecule has 38 heavy (non-hydrogen) atoms. The molecule has 8 nitrogen and oxygen atoms in total. The van der Waals surface area contributed by atoms with E-state index < -0.39 is 31.2 Å². The lowest BCUT2D eigenvalue weighted by atomic mass is 9.78. The molecule has 1 aliphatic heterocycles. The molecule has 0 aromatic heterocycles. The Morgan fingerprint density at radius 1 is 0.789 bits per heavy atom. The van der Waals surface area contributed by atoms with E-state index in [1.54, 1.807) is 27.7 Å². The third kappa shape index (κ3) is 10.1. The van der Waals surface area contributed by atoms with Gasteiger partial charge < -0.3 is 28.4 Å². The summed E-state index contributed by atoms with van der Waals surface area (Å²) in [5, 5.41) is 0. The molecule has 0 amide bonds. The minimum Gasteiger partial charge on any atom is -0.432 e. The summed E-state index contributed by atoms with van der Waals surface area (Å²) in [5.74, 6) is 1.87. The normalized spacial score (nSPS) is 24.0. The van der Waals surface area contributed by atoms with Crippen molar-refractivity contribution in [2.45, 2.75) is 130 Å². The number of benzene rings is 1. The highest BCUT2D eigenvalue weighted by atomic mass is 16.9. The molecule has 1 aliphatic carbocycles. The van der Waals surface area contributed by atoms with Crippen molar-refractivity contribution in [2.24, 2.45) is 11.8 Å². The van der Waals surface area contributed by atoms with E-state index >= 15 is 0 Å². The van der Waals surface area contributed by atoms with Crippen LogP contribution in [0.2, 0.25) is 0 Å². The molecule has 2 fully saturated rings. The molecule has 0 radical (unpaired) electrons. The fourth-order valence-corrected chi connectivity index (χ4v) is 5.18. The predicted octanol–water partition coefficient (Wildman–Crippen LogP) is 7.83. The molecule has 1 saturated heterocycles. The first-order chi connectivity index (χ1) is 18.2. The van der Waals surface area contributed by atoms with Gasteiger partial charge in [-0.25, -0.2) is 9.59 Å². The number of carbonyl (C=O) groups is 2. The zero-order chi connectivity index (χ0) is 27.5. The van der Waals surface area contributed by atoms with Crippen LogP contribution in [0.25, 0.3) is 0 Å². The quantitative estimate of drug-likeness (QED) is 0.198. The second kappa shape index (κ2) is 15.3. The lowest BCUT2D eigenvalue weighted by Gasteiger charge is -2.28. The van der Waals surface area contributed by atoms with Crippen LogP contribution in [0.15, 0.2) is 24.3 Å². The average molecular weight is 535 g/mol. The summed E-state index contributed by atoms with van der Waals surface area (Å²) in [6.07, 6.45) is 7.07. The molecule has 0 spiro atoms. The van der Waals surface area contributed by atoms with Crippen molar-refractivity contribution in [3.8, 4) is 0 Å². The molecule has 1 heterocycles. The van der Waals surface area contributed by atoms with E-state index in [4.69, 9.17) is 28.4 Å². The molecular weight excluding hydrogens is 488 g/mol. The van der Waals surface area contributed by atoms with Gasteiger partial charge in [-0.1, -0.05) is 82.6 Å². The fraction of sp³-hybridized carbons (Fsp3) is 0.733. The number of hydrogen-bond acceptors (Lipinski definition) is 8. The summed E-state index contributed by atoms with van der Waals surface area (Å²) >= 11 is 0. The fourth-order valence-electron chi connectivity index (χ4n) is 5.18. The van der Waals surface area contributed by atoms with Crippen molar-refractivity contribution in [1.29, 1.82) is 0 Å². The summed E-state index contributed by atoms with van der Waals surface area (Å²) in [4.78, 5) is 24.0. The molecule has 2 atom stereocenters. The summed E-state index contributed by atoms with van der Waals surface area (Å²) in [6, 6.07) is 7.96. The number of rotatable bonds is 12. The lowest BCUT2D eigenvalue weighted by molar-refractivity contribution is -0.163. The van der Waals surface area contributed by atoms with E-state index in [-0.39, 0.29) is 12.2 Å². The van der Waals surface area contributed by atoms with E-state index in [9.17, 15) is 9.59 Å². The van der Waals surface area contributed by atoms with E-state index in [2.05, 4.69) is 19.1 Å². The molecule has 2 aliphatic rings. The average Bonchev–Trinajstić information content (AvgIpc) is 3.24. The Bertz CT molecular complexity index is 812. The molecule has 3 rings (SSSR count). The maximum atomic E-state index is 12.0. The highest BCUT2D eigenvalue weighted by Gasteiger charge is 2.43. The molecule has 1 aromatic rings. The smallest absolute Gasteiger partial charge is 0.432 e. The first-order valence-corrected chi connectivity index (χ1v) is 14.4. The maximum Gasteiger partial charge on any atom is 0.511 e. The zero-order valence-electron chi connectivity index (χ0n) is 23.7. The Kier molecular flexibility index (Phi) is 12.2. The highest BCUT2D eigenvalue weighted by Crippen LogP contribution is 2.35. The Morgan fingerprint density at radius 3 is 1.76 bits per heavy atom. The Morgan fingerprint density at radius 2 is 1.29 bits per heavy atom. The van der Waals surface area contributed by atoms with Crippen molar-refractivity contribution >= 4 is 12.3 Å². The van der Waals surface area contributed by atoms with Gasteiger partial charge in [-0.2, -0.15) is 0 Å². The second-order valence-corrected chi connectivity index (χ2v) is 11.1. The molecule has 0 unspecified atom stereocenters. The van der Waals surface area contributed by atoms with Gasteiger partial charge in [-0.3, -0.25) is 0 Å². The Balaban J connectivity index is 1.47. The molecular formula is C30H46O8. The monoisotopic (exact) mass is 534 g/mol. The molecule has 0 bridgehead atoms. The maximum absolute atomic E-state index is 12.0. The van der Waals surface area contributed by atoms with Crippen LogP contribution in [-0.2, 0) is 34.8 Å². The molecule has 8 heteroatoms. The third-order valence-corrected chi connectivity index (χ3v) is 7.07. The minimum absolute atomic E-state index is 0.376. The zero-order valence-corrected chi connectivity index (χ0v) is 23.7. The van der Waals surface area contributed by atoms with Crippen LogP contribution >= 0.6 is 0 Å². The molecule has 0 N–H and O–H groups in total. The third-order valence-electron chi connectivity index (χ3n) is 7.07. The van der Waals surface area contributed by atoms with Crippen LogP contribution in [0.1, 0.15) is 110 Å². The van der Waals surface area contributed by atoms with Gasteiger partial charge in [-0.15, -0.1) is 0 Å². The van der Waals surface area contributed by atoms with E-state index in [0.717, 1.165) is 23.8 Å². The van der Waals surface area contributed by atoms with Crippen molar-refractivity contribution < 1.29 is 38.0 Å². The van der Waals surface area contributed by atoms with Crippen LogP contribution in [0.5, 0.6) is 0 Å². The van der Waals surface area contributed by atoms with Crippen molar-refractivity contribution in [2.75, 3.05) is 0 Å². The first kappa shape index (κ1) is 30.2. The Hall–Kier alpha value is -2.32. The van der Waals surface area contributed by atoms with Crippen LogP contribution < -0.4 is 0 Å². The number of ether oxygens (including phenoxy) is 6. The van der Waals surface area contributed by atoms with Crippen LogP contribution in [-0.4, -0.2) is 37.1 Å². The Labute approximate surface area is 227 Å². The van der Waals surface area contributed by atoms with Crippen LogP contribution in [0.4, 0.5) is 9.59 Å². The second-order valence-electron chi connectivity index (χ2n) is 11.1. The predicted molar refractivity (Wildman–Crippen MR) is 142 cm³/mol. The number of unbranched alkanes of at least 4 members (excludes halogenated alkanes) is 1. The van der Waals surface area contributed by atoms with E-state index in [1.807, 2.05) is 12.1 Å². The van der Waals surface area contributed by atoms with E-state index in [1.165, 1.54) is 63.4 Å². The van der Waals surface area contributed by atoms with Crippen molar-refractivity contribution in [3.05, 3.63) is 35.4 Å². The number of aryl methyl sites for hydroxylation is 1. The summed E-state index contributed by atoms with van der Waals surface area (Å²) in [6.45, 7) is 9.09. The van der Waals surface area contributed by atoms with Crippen LogP contribution in [0.3, 0.4) is 0 Å². The summed E-state index contributed by atoms with van der Waals surface area (Å²) in [7, 11) is 0. The van der Waals surface area contributed by atoms with Gasteiger partial charge >= 0.3 is 12.3 Å². The highest BCUT2D eigenvalue weighted by molar-refractivity contribution is 5.61. The van der Waals surface area contributed by atoms with Gasteiger partial charge in [-0.05, 0) is 57.9 Å².